The van der Waals surface area contributed by atoms with Crippen LogP contribution in [0.25, 0.3) is 22.3 Å². The number of carbonyl (C=O) groups is 2. The average Bonchev–Trinajstić information content (AvgIpc) is 3.73. The Bertz CT molecular complexity index is 1890. The van der Waals surface area contributed by atoms with Crippen LogP contribution in [0.15, 0.2) is 61.4 Å². The van der Waals surface area contributed by atoms with Crippen molar-refractivity contribution < 1.29 is 18.7 Å². The smallest absolute Gasteiger partial charge is 0.346 e. The zero-order valence-corrected chi connectivity index (χ0v) is 24.6. The summed E-state index contributed by atoms with van der Waals surface area (Å²) in [5, 5.41) is 12.6. The van der Waals surface area contributed by atoms with Crippen LogP contribution in [0.1, 0.15) is 54.1 Å². The summed E-state index contributed by atoms with van der Waals surface area (Å²) < 4.78 is 22.2. The van der Waals surface area contributed by atoms with E-state index in [9.17, 15) is 14.0 Å². The van der Waals surface area contributed by atoms with E-state index in [1.54, 1.807) is 0 Å². The van der Waals surface area contributed by atoms with Gasteiger partial charge in [0.1, 0.15) is 42.1 Å². The SMILES string of the molecule is COc1ccc(F)cc1C(=O)NCc1ccc(-c2nn(C3CCCC4(CCN4C(=O)n4cncn4)C3)c3ncnc(N)c23)cc1. The summed E-state index contributed by atoms with van der Waals surface area (Å²) in [6.07, 6.45) is 8.63. The number of hydrogen-bond donors (Lipinski definition) is 2. The van der Waals surface area contributed by atoms with Gasteiger partial charge in [-0.15, -0.1) is 0 Å². The molecule has 1 aliphatic carbocycles. The molecular weight excluding hydrogens is 579 g/mol. The minimum atomic E-state index is -0.520. The van der Waals surface area contributed by atoms with Gasteiger partial charge in [0.05, 0.1) is 24.1 Å². The first-order valence-electron chi connectivity index (χ1n) is 14.7. The number of fused-ring (bicyclic) bond motifs is 1. The van der Waals surface area contributed by atoms with Crippen molar-refractivity contribution in [1.82, 2.24) is 44.7 Å². The molecule has 2 fully saturated rings. The quantitative estimate of drug-likeness (QED) is 0.290. The lowest BCUT2D eigenvalue weighted by molar-refractivity contribution is -0.0209. The van der Waals surface area contributed by atoms with E-state index in [0.717, 1.165) is 49.3 Å². The zero-order valence-electron chi connectivity index (χ0n) is 24.6. The lowest BCUT2D eigenvalue weighted by atomic mass is 9.71. The van der Waals surface area contributed by atoms with E-state index in [4.69, 9.17) is 15.6 Å². The number of hydrogen-bond acceptors (Lipinski definition) is 9. The first kappa shape index (κ1) is 28.4. The monoisotopic (exact) mass is 610 g/mol. The Kier molecular flexibility index (Phi) is 7.10. The number of nitrogen functional groups attached to an aromatic ring is 1. The van der Waals surface area contributed by atoms with Gasteiger partial charge in [-0.1, -0.05) is 24.3 Å². The summed E-state index contributed by atoms with van der Waals surface area (Å²) in [7, 11) is 1.43. The maximum absolute atomic E-state index is 13.8. The fourth-order valence-electron chi connectivity index (χ4n) is 6.63. The number of halogens is 1. The minimum absolute atomic E-state index is 0.00458. The predicted octanol–water partition coefficient (Wildman–Crippen LogP) is 3.97. The molecule has 4 heterocycles. The van der Waals surface area contributed by atoms with E-state index in [1.807, 2.05) is 33.8 Å². The van der Waals surface area contributed by atoms with Gasteiger partial charge in [-0.05, 0) is 55.9 Å². The second kappa shape index (κ2) is 11.3. The molecule has 5 aromatic rings. The molecule has 230 valence electrons. The van der Waals surface area contributed by atoms with Gasteiger partial charge in [0.2, 0.25) is 0 Å². The van der Waals surface area contributed by atoms with Crippen LogP contribution in [0, 0.1) is 5.82 Å². The number of benzene rings is 2. The molecule has 1 saturated carbocycles. The third-order valence-corrected chi connectivity index (χ3v) is 8.96. The first-order valence-corrected chi connectivity index (χ1v) is 14.7. The number of nitrogens with zero attached hydrogens (tertiary/aromatic N) is 8. The molecule has 2 aromatic carbocycles. The van der Waals surface area contributed by atoms with Crippen LogP contribution >= 0.6 is 0 Å². The van der Waals surface area contributed by atoms with Gasteiger partial charge in [0, 0.05) is 24.2 Å². The van der Waals surface area contributed by atoms with E-state index in [2.05, 4.69) is 25.4 Å². The fourth-order valence-corrected chi connectivity index (χ4v) is 6.63. The van der Waals surface area contributed by atoms with E-state index in [-0.39, 0.29) is 29.7 Å². The standard InChI is InChI=1S/C31H31FN10O3/c1-45-24-9-8-21(32)13-23(24)29(43)35-15-19-4-6-20(7-5-19)26-25-27(33)36-17-37-28(25)42(39-26)22-3-2-10-31(14-22)11-12-40(31)30(44)41-18-34-16-38-41/h4-9,13,16-18,22H,2-3,10-12,14-15H2,1H3,(H,35,43)(H2,33,36,37). The largest absolute Gasteiger partial charge is 0.496 e. The molecule has 2 amide bonds. The van der Waals surface area contributed by atoms with Crippen molar-refractivity contribution in [1.29, 1.82) is 0 Å². The Morgan fingerprint density at radius 2 is 1.98 bits per heavy atom. The molecule has 7 rings (SSSR count). The third-order valence-electron chi connectivity index (χ3n) is 8.96. The first-order chi connectivity index (χ1) is 21.9. The summed E-state index contributed by atoms with van der Waals surface area (Å²) in [4.78, 5) is 40.6. The van der Waals surface area contributed by atoms with Crippen LogP contribution in [-0.4, -0.2) is 70.5 Å². The van der Waals surface area contributed by atoms with Gasteiger partial charge in [-0.3, -0.25) is 4.79 Å². The van der Waals surface area contributed by atoms with Crippen molar-refractivity contribution in [3.8, 4) is 17.0 Å². The van der Waals surface area contributed by atoms with E-state index in [0.29, 0.717) is 34.8 Å². The van der Waals surface area contributed by atoms with Gasteiger partial charge in [0.15, 0.2) is 5.65 Å². The summed E-state index contributed by atoms with van der Waals surface area (Å²) >= 11 is 0. The molecule has 3 aromatic heterocycles. The molecule has 2 aliphatic rings. The van der Waals surface area contributed by atoms with Gasteiger partial charge in [-0.2, -0.15) is 14.9 Å². The summed E-state index contributed by atoms with van der Waals surface area (Å²) in [6, 6.07) is 11.3. The van der Waals surface area contributed by atoms with Crippen LogP contribution in [0.5, 0.6) is 5.75 Å². The van der Waals surface area contributed by atoms with Crippen LogP contribution in [0.2, 0.25) is 0 Å². The predicted molar refractivity (Wildman–Crippen MR) is 162 cm³/mol. The Morgan fingerprint density at radius 1 is 1.13 bits per heavy atom. The average molecular weight is 611 g/mol. The maximum atomic E-state index is 13.8. The highest BCUT2D eigenvalue weighted by atomic mass is 19.1. The minimum Gasteiger partial charge on any atom is -0.496 e. The van der Waals surface area contributed by atoms with Crippen LogP contribution in [0.3, 0.4) is 0 Å². The zero-order chi connectivity index (χ0) is 31.1. The van der Waals surface area contributed by atoms with Gasteiger partial charge >= 0.3 is 6.03 Å². The third kappa shape index (κ3) is 5.01. The lowest BCUT2D eigenvalue weighted by Crippen LogP contribution is -2.64. The molecule has 14 heteroatoms. The number of likely N-dealkylation sites (tertiary alicyclic amines) is 1. The van der Waals surface area contributed by atoms with Crippen LogP contribution in [0.4, 0.5) is 15.0 Å². The molecule has 0 bridgehead atoms. The Hall–Kier alpha value is -5.40. The van der Waals surface area contributed by atoms with Crippen LogP contribution in [-0.2, 0) is 6.54 Å². The fraction of sp³-hybridized carbons (Fsp3) is 0.323. The number of nitrogens with one attached hydrogen (secondary N) is 1. The number of nitrogens with two attached hydrogens (primary N) is 1. The summed E-state index contributed by atoms with van der Waals surface area (Å²) in [5.74, 6) is -0.335. The topological polar surface area (TPSA) is 159 Å². The number of ether oxygens (including phenoxy) is 1. The highest BCUT2D eigenvalue weighted by Crippen LogP contribution is 2.48. The Balaban J connectivity index is 1.13. The van der Waals surface area contributed by atoms with E-state index in [1.165, 1.54) is 42.9 Å². The Morgan fingerprint density at radius 3 is 2.71 bits per heavy atom. The molecule has 2 unspecified atom stereocenters. The molecular formula is C31H31FN10O3. The molecule has 1 aliphatic heterocycles. The molecule has 1 spiro atoms. The molecule has 3 N–H and O–H groups in total. The number of amides is 2. The van der Waals surface area contributed by atoms with Crippen molar-refractivity contribution in [3.05, 3.63) is 78.4 Å². The van der Waals surface area contributed by atoms with Crippen molar-refractivity contribution in [2.45, 2.75) is 50.2 Å². The van der Waals surface area contributed by atoms with E-state index < -0.39 is 11.7 Å². The second-order valence-corrected chi connectivity index (χ2v) is 11.5. The molecule has 13 nitrogen and oxygen atoms in total. The second-order valence-electron chi connectivity index (χ2n) is 11.5. The normalized spacial score (nSPS) is 19.4. The number of rotatable bonds is 6. The van der Waals surface area contributed by atoms with Crippen molar-refractivity contribution in [2.24, 2.45) is 0 Å². The number of anilines is 1. The Labute approximate surface area is 257 Å². The number of methoxy groups -OCH3 is 1. The molecule has 1 saturated heterocycles. The van der Waals surface area contributed by atoms with Gasteiger partial charge in [0.25, 0.3) is 5.91 Å². The van der Waals surface area contributed by atoms with Gasteiger partial charge in [-0.25, -0.2) is 28.8 Å². The molecule has 2 atom stereocenters. The highest BCUT2D eigenvalue weighted by Gasteiger charge is 2.51. The maximum Gasteiger partial charge on any atom is 0.346 e. The molecule has 0 radical (unpaired) electrons. The van der Waals surface area contributed by atoms with Crippen LogP contribution < -0.4 is 15.8 Å². The highest BCUT2D eigenvalue weighted by molar-refractivity contribution is 5.98. The summed E-state index contributed by atoms with van der Waals surface area (Å²) in [6.45, 7) is 0.904. The van der Waals surface area contributed by atoms with Crippen molar-refractivity contribution >= 4 is 28.8 Å². The number of carbonyl (C=O) groups excluding carboxylic acids is 2. The lowest BCUT2D eigenvalue weighted by Gasteiger charge is -2.55. The van der Waals surface area contributed by atoms with E-state index >= 15 is 0 Å². The van der Waals surface area contributed by atoms with Gasteiger partial charge < -0.3 is 20.7 Å². The van der Waals surface area contributed by atoms with Crippen molar-refractivity contribution in [3.63, 3.8) is 0 Å². The summed E-state index contributed by atoms with van der Waals surface area (Å²) in [5.41, 5.74) is 9.20. The van der Waals surface area contributed by atoms with Crippen molar-refractivity contribution in [2.75, 3.05) is 19.4 Å². The molecule has 45 heavy (non-hydrogen) atoms. The number of aromatic nitrogens is 7.